The number of benzene rings is 1. The Kier molecular flexibility index (Phi) is 6.32. The molecular weight excluding hydrogens is 450 g/mol. The van der Waals surface area contributed by atoms with Gasteiger partial charge in [-0.3, -0.25) is 14.3 Å². The van der Waals surface area contributed by atoms with E-state index in [0.29, 0.717) is 23.7 Å². The molecule has 11 heteroatoms. The molecule has 1 aliphatic carbocycles. The van der Waals surface area contributed by atoms with Crippen LogP contribution in [0.25, 0.3) is 11.1 Å². The van der Waals surface area contributed by atoms with Crippen LogP contribution >= 0.6 is 0 Å². The minimum absolute atomic E-state index is 0.00175. The highest BCUT2D eigenvalue weighted by atomic mass is 16.5. The summed E-state index contributed by atoms with van der Waals surface area (Å²) in [4.78, 5) is 24.2. The Morgan fingerprint density at radius 2 is 2.06 bits per heavy atom. The van der Waals surface area contributed by atoms with Crippen LogP contribution in [0.4, 0.5) is 17.2 Å². The molecule has 0 bridgehead atoms. The summed E-state index contributed by atoms with van der Waals surface area (Å²) < 4.78 is 13.3. The van der Waals surface area contributed by atoms with Gasteiger partial charge in [-0.2, -0.15) is 5.10 Å². The van der Waals surface area contributed by atoms with Crippen LogP contribution in [0.3, 0.4) is 0 Å². The molecule has 1 aromatic carbocycles. The van der Waals surface area contributed by atoms with Crippen molar-refractivity contribution in [2.24, 2.45) is 11.7 Å². The number of aromatic nitrogens is 4. The molecule has 2 aromatic heterocycles. The number of ether oxygens (including phenoxy) is 2. The lowest BCUT2D eigenvalue weighted by atomic mass is 10.1. The van der Waals surface area contributed by atoms with Gasteiger partial charge in [-0.05, 0) is 31.7 Å². The second-order valence-corrected chi connectivity index (χ2v) is 8.71. The van der Waals surface area contributed by atoms with Crippen molar-refractivity contribution in [2.75, 3.05) is 31.0 Å². The average Bonchev–Trinajstić information content (AvgIpc) is 3.61. The van der Waals surface area contributed by atoms with Crippen molar-refractivity contribution in [3.63, 3.8) is 0 Å². The number of rotatable bonds is 8. The Morgan fingerprint density at radius 1 is 1.20 bits per heavy atom. The fourth-order valence-electron chi connectivity index (χ4n) is 4.14. The van der Waals surface area contributed by atoms with Crippen molar-refractivity contribution in [3.8, 4) is 16.9 Å². The lowest BCUT2D eigenvalue weighted by Crippen LogP contribution is -2.21. The number of nitrogens with two attached hydrogens (primary N) is 1. The van der Waals surface area contributed by atoms with Gasteiger partial charge in [-0.15, -0.1) is 10.2 Å². The quantitative estimate of drug-likeness (QED) is 0.449. The van der Waals surface area contributed by atoms with Gasteiger partial charge >= 0.3 is 0 Å². The van der Waals surface area contributed by atoms with E-state index in [-0.39, 0.29) is 29.4 Å². The van der Waals surface area contributed by atoms with Gasteiger partial charge < -0.3 is 25.8 Å². The van der Waals surface area contributed by atoms with Crippen LogP contribution in [-0.2, 0) is 9.53 Å². The first-order chi connectivity index (χ1) is 17.0. The Hall–Kier alpha value is -3.99. The van der Waals surface area contributed by atoms with E-state index in [1.807, 2.05) is 29.1 Å². The van der Waals surface area contributed by atoms with E-state index in [0.717, 1.165) is 43.4 Å². The van der Waals surface area contributed by atoms with Crippen LogP contribution in [-0.4, -0.2) is 52.1 Å². The van der Waals surface area contributed by atoms with E-state index in [2.05, 4.69) is 25.9 Å². The number of methoxy groups -OCH3 is 1. The molecule has 182 valence electrons. The van der Waals surface area contributed by atoms with Crippen molar-refractivity contribution in [2.45, 2.75) is 31.7 Å². The third kappa shape index (κ3) is 4.94. The maximum Gasteiger partial charge on any atom is 0.271 e. The third-order valence-electron chi connectivity index (χ3n) is 6.14. The van der Waals surface area contributed by atoms with Crippen LogP contribution in [0.2, 0.25) is 0 Å². The van der Waals surface area contributed by atoms with Gasteiger partial charge in [0.15, 0.2) is 11.5 Å². The molecule has 1 saturated heterocycles. The predicted octanol–water partition coefficient (Wildman–Crippen LogP) is 2.89. The van der Waals surface area contributed by atoms with Crippen molar-refractivity contribution in [1.82, 2.24) is 20.0 Å². The maximum atomic E-state index is 12.2. The summed E-state index contributed by atoms with van der Waals surface area (Å²) in [5.74, 6) is -0.0617. The highest BCUT2D eigenvalue weighted by Crippen LogP contribution is 2.39. The monoisotopic (exact) mass is 477 g/mol. The summed E-state index contributed by atoms with van der Waals surface area (Å²) in [7, 11) is 1.57. The molecule has 2 fully saturated rings. The Balaban J connectivity index is 1.45. The van der Waals surface area contributed by atoms with E-state index in [1.165, 1.54) is 0 Å². The Bertz CT molecular complexity index is 1250. The van der Waals surface area contributed by atoms with Crippen LogP contribution in [0, 0.1) is 5.92 Å². The number of hydrogen-bond acceptors (Lipinski definition) is 8. The van der Waals surface area contributed by atoms with Gasteiger partial charge in [0, 0.05) is 35.9 Å². The van der Waals surface area contributed by atoms with Crippen LogP contribution in [0.1, 0.15) is 42.2 Å². The number of hydrogen-bond donors (Lipinski definition) is 3. The average molecular weight is 478 g/mol. The molecule has 3 aromatic rings. The Labute approximate surface area is 202 Å². The lowest BCUT2D eigenvalue weighted by Gasteiger charge is -2.22. The van der Waals surface area contributed by atoms with Gasteiger partial charge in [0.05, 0.1) is 37.3 Å². The van der Waals surface area contributed by atoms with Crippen LogP contribution in [0.15, 0.2) is 36.7 Å². The number of amides is 2. The number of primary amides is 1. The topological polar surface area (TPSA) is 146 Å². The number of carbonyl (C=O) groups is 2. The molecule has 1 aliphatic heterocycles. The molecule has 0 unspecified atom stereocenters. The van der Waals surface area contributed by atoms with Gasteiger partial charge in [0.25, 0.3) is 5.91 Å². The predicted molar refractivity (Wildman–Crippen MR) is 128 cm³/mol. The second-order valence-electron chi connectivity index (χ2n) is 8.71. The molecule has 0 spiro atoms. The fourth-order valence-corrected chi connectivity index (χ4v) is 4.14. The van der Waals surface area contributed by atoms with E-state index in [1.54, 1.807) is 19.4 Å². The van der Waals surface area contributed by atoms with E-state index in [4.69, 9.17) is 15.2 Å². The SMILES string of the molecule is COc1c(Nc2cc(NC(=O)C3CC3)nnc2C(N)=O)cccc1-c1cnn([C@@H]2CCCOC2)c1. The van der Waals surface area contributed by atoms with Gasteiger partial charge in [-0.1, -0.05) is 12.1 Å². The molecule has 35 heavy (non-hydrogen) atoms. The minimum atomic E-state index is -0.744. The summed E-state index contributed by atoms with van der Waals surface area (Å²) in [5, 5.41) is 18.3. The molecule has 1 atom stereocenters. The summed E-state index contributed by atoms with van der Waals surface area (Å²) in [6.07, 6.45) is 7.52. The first-order valence-electron chi connectivity index (χ1n) is 11.6. The molecule has 4 N–H and O–H groups in total. The van der Waals surface area contributed by atoms with Gasteiger partial charge in [-0.25, -0.2) is 0 Å². The molecule has 0 radical (unpaired) electrons. The van der Waals surface area contributed by atoms with Crippen LogP contribution in [0.5, 0.6) is 5.75 Å². The largest absolute Gasteiger partial charge is 0.494 e. The summed E-state index contributed by atoms with van der Waals surface area (Å²) >= 11 is 0. The first kappa shape index (κ1) is 22.8. The maximum absolute atomic E-state index is 12.2. The van der Waals surface area contributed by atoms with E-state index < -0.39 is 5.91 Å². The number of carbonyl (C=O) groups excluding carboxylic acids is 2. The van der Waals surface area contributed by atoms with E-state index >= 15 is 0 Å². The number of nitrogens with zero attached hydrogens (tertiary/aromatic N) is 4. The Morgan fingerprint density at radius 3 is 2.77 bits per heavy atom. The first-order valence-corrected chi connectivity index (χ1v) is 11.6. The molecule has 2 aliphatic rings. The molecule has 2 amide bonds. The van der Waals surface area contributed by atoms with Gasteiger partial charge in [0.2, 0.25) is 5.91 Å². The zero-order valence-corrected chi connectivity index (χ0v) is 19.4. The minimum Gasteiger partial charge on any atom is -0.494 e. The zero-order chi connectivity index (χ0) is 24.4. The molecule has 5 rings (SSSR count). The molecular formula is C24H27N7O4. The van der Waals surface area contributed by atoms with Crippen molar-refractivity contribution >= 4 is 29.0 Å². The molecule has 11 nitrogen and oxygen atoms in total. The smallest absolute Gasteiger partial charge is 0.271 e. The highest BCUT2D eigenvalue weighted by molar-refractivity contribution is 5.99. The van der Waals surface area contributed by atoms with Crippen molar-refractivity contribution in [1.29, 1.82) is 0 Å². The number of anilines is 3. The van der Waals surface area contributed by atoms with E-state index in [9.17, 15) is 9.59 Å². The number of para-hydroxylation sites is 1. The van der Waals surface area contributed by atoms with Crippen molar-refractivity contribution in [3.05, 3.63) is 42.4 Å². The van der Waals surface area contributed by atoms with Crippen molar-refractivity contribution < 1.29 is 19.1 Å². The summed E-state index contributed by atoms with van der Waals surface area (Å²) in [6.45, 7) is 1.43. The van der Waals surface area contributed by atoms with Gasteiger partial charge in [0.1, 0.15) is 5.75 Å². The number of nitrogens with one attached hydrogen (secondary N) is 2. The van der Waals surface area contributed by atoms with Crippen LogP contribution < -0.4 is 21.1 Å². The zero-order valence-electron chi connectivity index (χ0n) is 19.4. The summed E-state index contributed by atoms with van der Waals surface area (Å²) in [5.41, 5.74) is 8.08. The summed E-state index contributed by atoms with van der Waals surface area (Å²) in [6, 6.07) is 7.37. The molecule has 1 saturated carbocycles. The third-order valence-corrected chi connectivity index (χ3v) is 6.14. The lowest BCUT2D eigenvalue weighted by molar-refractivity contribution is -0.117. The standard InChI is InChI=1S/C24H27N7O4/c1-34-22-17(15-11-26-31(12-15)16-4-3-9-35-13-16)5-2-6-18(22)27-19-10-20(28-24(33)14-7-8-14)29-30-21(19)23(25)32/h2,5-6,10-12,14,16H,3-4,7-9,13H2,1H3,(H2,25,32)(H2,27,28,29,33)/t16-/m1/s1. The second kappa shape index (κ2) is 9.71. The highest BCUT2D eigenvalue weighted by Gasteiger charge is 2.30. The molecule has 3 heterocycles. The fraction of sp³-hybridized carbons (Fsp3) is 0.375. The normalized spacial score (nSPS) is 17.6.